The summed E-state index contributed by atoms with van der Waals surface area (Å²) in [5.74, 6) is 0.850. The van der Waals surface area contributed by atoms with Gasteiger partial charge in [0.2, 0.25) is 0 Å². The number of hydrogen-bond donors (Lipinski definition) is 1. The Labute approximate surface area is 115 Å². The molecule has 0 saturated carbocycles. The number of H-pyrrole nitrogens is 1. The van der Waals surface area contributed by atoms with E-state index in [4.69, 9.17) is 4.74 Å². The summed E-state index contributed by atoms with van der Waals surface area (Å²) >= 11 is 0. The molecule has 0 unspecified atom stereocenters. The van der Waals surface area contributed by atoms with E-state index in [0.717, 1.165) is 33.4 Å². The number of hydrogen-bond acceptors (Lipinski definition) is 2. The lowest BCUT2D eigenvalue weighted by molar-refractivity contribution is 0.415. The molecule has 0 aliphatic heterocycles. The highest BCUT2D eigenvalue weighted by molar-refractivity contribution is 5.91. The van der Waals surface area contributed by atoms with E-state index in [0.29, 0.717) is 0 Å². The summed E-state index contributed by atoms with van der Waals surface area (Å²) in [5.41, 5.74) is 3.11. The van der Waals surface area contributed by atoms with Gasteiger partial charge in [0, 0.05) is 34.9 Å². The summed E-state index contributed by atoms with van der Waals surface area (Å²) in [5, 5.41) is 2.25. The van der Waals surface area contributed by atoms with Crippen molar-refractivity contribution in [3.63, 3.8) is 0 Å². The average molecular weight is 263 g/mol. The van der Waals surface area contributed by atoms with Crippen molar-refractivity contribution in [2.75, 3.05) is 7.11 Å². The normalized spacial score (nSPS) is 11.2. The van der Waals surface area contributed by atoms with Crippen LogP contribution in [0.5, 0.6) is 5.75 Å². The number of fused-ring (bicyclic) bond motifs is 2. The first-order chi connectivity index (χ1) is 9.86. The van der Waals surface area contributed by atoms with Crippen LogP contribution in [-0.2, 0) is 0 Å². The Hall–Kier alpha value is -2.75. The van der Waals surface area contributed by atoms with Crippen LogP contribution in [0.3, 0.4) is 0 Å². The Balaban J connectivity index is 2.02. The Morgan fingerprint density at radius 1 is 1.20 bits per heavy atom. The third-order valence-corrected chi connectivity index (χ3v) is 3.57. The van der Waals surface area contributed by atoms with Gasteiger partial charge in [-0.05, 0) is 36.4 Å². The maximum Gasteiger partial charge on any atom is 0.144 e. The highest BCUT2D eigenvalue weighted by atomic mass is 16.5. The predicted molar refractivity (Wildman–Crippen MR) is 79.5 cm³/mol. The van der Waals surface area contributed by atoms with Crippen molar-refractivity contribution in [1.82, 2.24) is 14.5 Å². The number of nitrogens with zero attached hydrogens (tertiary/aromatic N) is 2. The molecular weight excluding hydrogens is 250 g/mol. The molecule has 0 radical (unpaired) electrons. The summed E-state index contributed by atoms with van der Waals surface area (Å²) < 4.78 is 7.40. The van der Waals surface area contributed by atoms with Crippen LogP contribution in [-0.4, -0.2) is 21.6 Å². The molecule has 0 atom stereocenters. The minimum Gasteiger partial charge on any atom is -0.497 e. The second kappa shape index (κ2) is 4.13. The van der Waals surface area contributed by atoms with Crippen LogP contribution in [0.1, 0.15) is 0 Å². The van der Waals surface area contributed by atoms with Crippen LogP contribution >= 0.6 is 0 Å². The summed E-state index contributed by atoms with van der Waals surface area (Å²) in [6, 6.07) is 12.1. The topological polar surface area (TPSA) is 42.8 Å². The number of nitrogens with one attached hydrogen (secondary N) is 1. The maximum absolute atomic E-state index is 5.31. The van der Waals surface area contributed by atoms with E-state index >= 15 is 0 Å². The molecule has 3 aromatic heterocycles. The fraction of sp³-hybridized carbons (Fsp3) is 0.0625. The molecule has 4 rings (SSSR count). The van der Waals surface area contributed by atoms with Crippen LogP contribution in [0.15, 0.2) is 55.0 Å². The van der Waals surface area contributed by atoms with Crippen molar-refractivity contribution in [1.29, 1.82) is 0 Å². The minimum atomic E-state index is 0.850. The number of methoxy groups -OCH3 is 1. The van der Waals surface area contributed by atoms with Gasteiger partial charge in [0.05, 0.1) is 12.8 Å². The highest BCUT2D eigenvalue weighted by Gasteiger charge is 2.09. The average Bonchev–Trinajstić information content (AvgIpc) is 3.09. The third-order valence-electron chi connectivity index (χ3n) is 3.57. The Morgan fingerprint density at radius 3 is 3.05 bits per heavy atom. The van der Waals surface area contributed by atoms with Crippen LogP contribution in [0.2, 0.25) is 0 Å². The van der Waals surface area contributed by atoms with Gasteiger partial charge in [0.1, 0.15) is 11.4 Å². The van der Waals surface area contributed by atoms with Gasteiger partial charge in [0.25, 0.3) is 0 Å². The van der Waals surface area contributed by atoms with Crippen LogP contribution in [0.4, 0.5) is 0 Å². The molecule has 0 spiro atoms. The summed E-state index contributed by atoms with van der Waals surface area (Å²) in [4.78, 5) is 7.75. The van der Waals surface area contributed by atoms with Crippen molar-refractivity contribution < 1.29 is 4.74 Å². The molecule has 0 fully saturated rings. The van der Waals surface area contributed by atoms with Crippen LogP contribution in [0.25, 0.3) is 27.6 Å². The smallest absolute Gasteiger partial charge is 0.144 e. The highest BCUT2D eigenvalue weighted by Crippen LogP contribution is 2.28. The third kappa shape index (κ3) is 1.51. The van der Waals surface area contributed by atoms with Gasteiger partial charge in [-0.1, -0.05) is 0 Å². The predicted octanol–water partition coefficient (Wildman–Crippen LogP) is 3.52. The second-order valence-corrected chi connectivity index (χ2v) is 4.69. The Bertz CT molecular complexity index is 904. The SMILES string of the molecule is COc1ccc2[nH]cc(-n3ccc4cccnc43)c2c1. The largest absolute Gasteiger partial charge is 0.497 e. The zero-order chi connectivity index (χ0) is 13.5. The summed E-state index contributed by atoms with van der Waals surface area (Å²) in [6.45, 7) is 0. The molecule has 1 aromatic carbocycles. The standard InChI is InChI=1S/C16H13N3O/c1-20-12-4-5-14-13(9-12)15(10-18-14)19-8-6-11-3-2-7-17-16(11)19/h2-10,18H,1H3. The monoisotopic (exact) mass is 263 g/mol. The maximum atomic E-state index is 5.31. The second-order valence-electron chi connectivity index (χ2n) is 4.69. The van der Waals surface area contributed by atoms with E-state index in [1.54, 1.807) is 7.11 Å². The van der Waals surface area contributed by atoms with Crippen molar-refractivity contribution in [3.05, 3.63) is 55.0 Å². The van der Waals surface area contributed by atoms with Crippen molar-refractivity contribution in [3.8, 4) is 11.4 Å². The van der Waals surface area contributed by atoms with Gasteiger partial charge in [-0.2, -0.15) is 0 Å². The number of rotatable bonds is 2. The summed E-state index contributed by atoms with van der Waals surface area (Å²) in [6.07, 6.45) is 5.85. The van der Waals surface area contributed by atoms with Gasteiger partial charge >= 0.3 is 0 Å². The molecule has 0 bridgehead atoms. The van der Waals surface area contributed by atoms with E-state index in [-0.39, 0.29) is 0 Å². The van der Waals surface area contributed by atoms with Gasteiger partial charge < -0.3 is 9.72 Å². The first kappa shape index (κ1) is 11.1. The lowest BCUT2D eigenvalue weighted by atomic mass is 10.2. The van der Waals surface area contributed by atoms with Gasteiger partial charge in [-0.25, -0.2) is 4.98 Å². The molecule has 4 aromatic rings. The minimum absolute atomic E-state index is 0.850. The molecule has 98 valence electrons. The number of benzene rings is 1. The first-order valence-electron chi connectivity index (χ1n) is 6.44. The van der Waals surface area contributed by atoms with Gasteiger partial charge in [-0.15, -0.1) is 0 Å². The van der Waals surface area contributed by atoms with Crippen molar-refractivity contribution >= 4 is 21.9 Å². The van der Waals surface area contributed by atoms with Gasteiger partial charge in [0.15, 0.2) is 0 Å². The van der Waals surface area contributed by atoms with E-state index in [1.807, 2.05) is 42.9 Å². The van der Waals surface area contributed by atoms with E-state index in [1.165, 1.54) is 0 Å². The molecule has 1 N–H and O–H groups in total. The number of aromatic nitrogens is 3. The van der Waals surface area contributed by atoms with Gasteiger partial charge in [-0.3, -0.25) is 4.57 Å². The van der Waals surface area contributed by atoms with Crippen LogP contribution < -0.4 is 4.74 Å². The lowest BCUT2D eigenvalue weighted by Gasteiger charge is -2.04. The molecule has 4 nitrogen and oxygen atoms in total. The number of pyridine rings is 1. The fourth-order valence-corrected chi connectivity index (χ4v) is 2.57. The molecule has 0 amide bonds. The molecule has 0 aliphatic carbocycles. The zero-order valence-electron chi connectivity index (χ0n) is 11.0. The lowest BCUT2D eigenvalue weighted by Crippen LogP contribution is -1.92. The van der Waals surface area contributed by atoms with Crippen molar-refractivity contribution in [2.45, 2.75) is 0 Å². The summed E-state index contributed by atoms with van der Waals surface area (Å²) in [7, 11) is 1.68. The van der Waals surface area contributed by atoms with E-state index in [9.17, 15) is 0 Å². The molecule has 3 heterocycles. The van der Waals surface area contributed by atoms with E-state index in [2.05, 4.69) is 26.7 Å². The Kier molecular flexibility index (Phi) is 2.29. The Morgan fingerprint density at radius 2 is 2.15 bits per heavy atom. The molecule has 0 saturated heterocycles. The molecule has 0 aliphatic rings. The van der Waals surface area contributed by atoms with Crippen LogP contribution in [0, 0.1) is 0 Å². The molecule has 20 heavy (non-hydrogen) atoms. The first-order valence-corrected chi connectivity index (χ1v) is 6.44. The molecular formula is C16H13N3O. The fourth-order valence-electron chi connectivity index (χ4n) is 2.57. The number of ether oxygens (including phenoxy) is 1. The molecule has 4 heteroatoms. The van der Waals surface area contributed by atoms with Crippen molar-refractivity contribution in [2.24, 2.45) is 0 Å². The quantitative estimate of drug-likeness (QED) is 0.601. The van der Waals surface area contributed by atoms with E-state index < -0.39 is 0 Å². The number of aromatic amines is 1. The zero-order valence-corrected chi connectivity index (χ0v) is 11.0.